The van der Waals surface area contributed by atoms with Gasteiger partial charge in [0.25, 0.3) is 0 Å². The molecule has 1 aliphatic rings. The predicted molar refractivity (Wildman–Crippen MR) is 126 cm³/mol. The molecule has 1 unspecified atom stereocenters. The van der Waals surface area contributed by atoms with Crippen molar-refractivity contribution >= 4 is 18.0 Å². The number of nitrogens with one attached hydrogen (secondary N) is 2. The van der Waals surface area contributed by atoms with E-state index in [1.54, 1.807) is 6.92 Å². The largest absolute Gasteiger partial charge is 0.481 e. The molecule has 2 aromatic carbocycles. The van der Waals surface area contributed by atoms with Crippen molar-refractivity contribution in [2.45, 2.75) is 57.4 Å². The van der Waals surface area contributed by atoms with Crippen LogP contribution in [0.5, 0.6) is 0 Å². The van der Waals surface area contributed by atoms with E-state index in [2.05, 4.69) is 34.9 Å². The van der Waals surface area contributed by atoms with Gasteiger partial charge >= 0.3 is 12.1 Å². The molecule has 7 nitrogen and oxygen atoms in total. The van der Waals surface area contributed by atoms with Crippen molar-refractivity contribution in [3.63, 3.8) is 0 Å². The Morgan fingerprint density at radius 1 is 0.939 bits per heavy atom. The van der Waals surface area contributed by atoms with Crippen LogP contribution in [0.3, 0.4) is 0 Å². The molecule has 0 spiro atoms. The standard InChI is InChI=1S/C26H32N2O5/c1-18(14-15-25(30)31)28-24(29)13-3-2-8-16-27-26(32)33-17-23-21-11-6-4-9-19(21)20-10-5-7-12-22(20)23/h4-7,9-12,18,23H,2-3,8,13-17H2,1H3,(H,27,32)(H,28,29)(H,30,31). The molecule has 0 aliphatic heterocycles. The third-order valence-corrected chi connectivity index (χ3v) is 5.89. The Morgan fingerprint density at radius 3 is 2.21 bits per heavy atom. The van der Waals surface area contributed by atoms with Gasteiger partial charge in [0.2, 0.25) is 5.91 Å². The third kappa shape index (κ3) is 7.07. The Morgan fingerprint density at radius 2 is 1.58 bits per heavy atom. The maximum atomic E-state index is 12.2. The van der Waals surface area contributed by atoms with Crippen LogP contribution in [0.4, 0.5) is 4.79 Å². The van der Waals surface area contributed by atoms with Crippen LogP contribution >= 0.6 is 0 Å². The van der Waals surface area contributed by atoms with Crippen LogP contribution in [-0.2, 0) is 14.3 Å². The second-order valence-corrected chi connectivity index (χ2v) is 8.46. The van der Waals surface area contributed by atoms with E-state index in [4.69, 9.17) is 9.84 Å². The first-order chi connectivity index (χ1) is 16.0. The van der Waals surface area contributed by atoms with Crippen molar-refractivity contribution in [2.24, 2.45) is 0 Å². The third-order valence-electron chi connectivity index (χ3n) is 5.89. The van der Waals surface area contributed by atoms with Crippen molar-refractivity contribution in [3.05, 3.63) is 59.7 Å². The van der Waals surface area contributed by atoms with Gasteiger partial charge < -0.3 is 20.5 Å². The van der Waals surface area contributed by atoms with E-state index in [0.717, 1.165) is 12.8 Å². The fourth-order valence-electron chi connectivity index (χ4n) is 4.19. The van der Waals surface area contributed by atoms with Gasteiger partial charge in [0, 0.05) is 31.3 Å². The molecule has 3 N–H and O–H groups in total. The van der Waals surface area contributed by atoms with Crippen LogP contribution in [0.15, 0.2) is 48.5 Å². The molecule has 1 aliphatic carbocycles. The molecule has 2 amide bonds. The summed E-state index contributed by atoms with van der Waals surface area (Å²) in [4.78, 5) is 34.6. The zero-order valence-electron chi connectivity index (χ0n) is 19.0. The first-order valence-corrected chi connectivity index (χ1v) is 11.6. The van der Waals surface area contributed by atoms with Crippen molar-refractivity contribution in [1.82, 2.24) is 10.6 Å². The number of carbonyl (C=O) groups is 3. The number of alkyl carbamates (subject to hydrolysis) is 1. The van der Waals surface area contributed by atoms with Crippen LogP contribution in [0.2, 0.25) is 0 Å². The molecule has 0 heterocycles. The summed E-state index contributed by atoms with van der Waals surface area (Å²) in [6, 6.07) is 16.3. The van der Waals surface area contributed by atoms with Crippen molar-refractivity contribution in [3.8, 4) is 11.1 Å². The quantitative estimate of drug-likeness (QED) is 0.413. The van der Waals surface area contributed by atoms with E-state index in [1.807, 2.05) is 24.3 Å². The van der Waals surface area contributed by atoms with E-state index >= 15 is 0 Å². The van der Waals surface area contributed by atoms with E-state index in [9.17, 15) is 14.4 Å². The summed E-state index contributed by atoms with van der Waals surface area (Å²) in [5.41, 5.74) is 4.76. The normalized spacial score (nSPS) is 13.0. The molecule has 7 heteroatoms. The first-order valence-electron chi connectivity index (χ1n) is 11.6. The molecule has 0 radical (unpaired) electrons. The number of unbranched alkanes of at least 4 members (excludes halogenated alkanes) is 2. The number of carboxylic acids is 1. The molecule has 0 aromatic heterocycles. The second kappa shape index (κ2) is 12.0. The van der Waals surface area contributed by atoms with E-state index in [1.165, 1.54) is 22.3 Å². The van der Waals surface area contributed by atoms with Gasteiger partial charge in [-0.3, -0.25) is 9.59 Å². The maximum absolute atomic E-state index is 12.2. The van der Waals surface area contributed by atoms with Crippen molar-refractivity contribution in [2.75, 3.05) is 13.2 Å². The Kier molecular flexibility index (Phi) is 8.87. The van der Waals surface area contributed by atoms with Gasteiger partial charge in [-0.05, 0) is 48.4 Å². The fourth-order valence-corrected chi connectivity index (χ4v) is 4.19. The number of hydrogen-bond acceptors (Lipinski definition) is 4. The number of benzene rings is 2. The fraction of sp³-hybridized carbons (Fsp3) is 0.423. The number of carbonyl (C=O) groups excluding carboxylic acids is 2. The van der Waals surface area contributed by atoms with Gasteiger partial charge in [0.15, 0.2) is 0 Å². The number of ether oxygens (including phenoxy) is 1. The van der Waals surface area contributed by atoms with Gasteiger partial charge in [-0.1, -0.05) is 55.0 Å². The van der Waals surface area contributed by atoms with Crippen molar-refractivity contribution in [1.29, 1.82) is 0 Å². The lowest BCUT2D eigenvalue weighted by molar-refractivity contribution is -0.137. The molecule has 3 rings (SSSR count). The maximum Gasteiger partial charge on any atom is 0.407 e. The molecule has 2 aromatic rings. The second-order valence-electron chi connectivity index (χ2n) is 8.46. The van der Waals surface area contributed by atoms with Gasteiger partial charge in [0.05, 0.1) is 0 Å². The number of carboxylic acid groups (broad SMARTS) is 1. The van der Waals surface area contributed by atoms with Gasteiger partial charge in [-0.25, -0.2) is 4.79 Å². The minimum absolute atomic E-state index is 0.0413. The minimum Gasteiger partial charge on any atom is -0.481 e. The summed E-state index contributed by atoms with van der Waals surface area (Å²) in [5.74, 6) is -0.892. The average molecular weight is 453 g/mol. The molecule has 33 heavy (non-hydrogen) atoms. The molecule has 0 fully saturated rings. The monoisotopic (exact) mass is 452 g/mol. The van der Waals surface area contributed by atoms with E-state index in [-0.39, 0.29) is 24.3 Å². The smallest absolute Gasteiger partial charge is 0.407 e. The first kappa shape index (κ1) is 24.3. The summed E-state index contributed by atoms with van der Waals surface area (Å²) in [6.07, 6.45) is 2.70. The summed E-state index contributed by atoms with van der Waals surface area (Å²) in [5, 5.41) is 14.3. The Hall–Kier alpha value is -3.35. The highest BCUT2D eigenvalue weighted by Gasteiger charge is 2.28. The van der Waals surface area contributed by atoms with Crippen LogP contribution in [-0.4, -0.2) is 42.3 Å². The Labute approximate surface area is 194 Å². The lowest BCUT2D eigenvalue weighted by Gasteiger charge is -2.14. The zero-order chi connectivity index (χ0) is 23.6. The Bertz CT molecular complexity index is 929. The van der Waals surface area contributed by atoms with Gasteiger partial charge in [-0.15, -0.1) is 0 Å². The summed E-state index contributed by atoms with van der Waals surface area (Å²) >= 11 is 0. The van der Waals surface area contributed by atoms with Gasteiger partial charge in [0.1, 0.15) is 6.61 Å². The van der Waals surface area contributed by atoms with Crippen LogP contribution in [0, 0.1) is 0 Å². The molecule has 0 saturated heterocycles. The van der Waals surface area contributed by atoms with Crippen molar-refractivity contribution < 1.29 is 24.2 Å². The average Bonchev–Trinajstić information content (AvgIpc) is 3.12. The highest BCUT2D eigenvalue weighted by atomic mass is 16.5. The van der Waals surface area contributed by atoms with Crippen LogP contribution < -0.4 is 10.6 Å². The zero-order valence-corrected chi connectivity index (χ0v) is 19.0. The molecular formula is C26H32N2O5. The molecule has 0 saturated carbocycles. The summed E-state index contributed by atoms with van der Waals surface area (Å²) in [6.45, 7) is 2.59. The van der Waals surface area contributed by atoms with E-state index < -0.39 is 12.1 Å². The van der Waals surface area contributed by atoms with E-state index in [0.29, 0.717) is 32.4 Å². The molecule has 0 bridgehead atoms. The van der Waals surface area contributed by atoms with Crippen LogP contribution in [0.1, 0.15) is 62.5 Å². The highest BCUT2D eigenvalue weighted by Crippen LogP contribution is 2.44. The topological polar surface area (TPSA) is 105 Å². The lowest BCUT2D eigenvalue weighted by atomic mass is 9.98. The Balaban J connectivity index is 1.30. The van der Waals surface area contributed by atoms with Crippen LogP contribution in [0.25, 0.3) is 11.1 Å². The number of amides is 2. The number of rotatable bonds is 12. The summed E-state index contributed by atoms with van der Waals surface area (Å²) in [7, 11) is 0. The number of fused-ring (bicyclic) bond motifs is 3. The molecule has 1 atom stereocenters. The van der Waals surface area contributed by atoms with Gasteiger partial charge in [-0.2, -0.15) is 0 Å². The number of aliphatic carboxylic acids is 1. The SMILES string of the molecule is CC(CCC(=O)O)NC(=O)CCCCCNC(=O)OCC1c2ccccc2-c2ccccc21. The molecule has 176 valence electrons. The number of hydrogen-bond donors (Lipinski definition) is 3. The minimum atomic E-state index is -0.861. The molecular weight excluding hydrogens is 420 g/mol. The highest BCUT2D eigenvalue weighted by molar-refractivity contribution is 5.79. The lowest BCUT2D eigenvalue weighted by Crippen LogP contribution is -2.32. The summed E-state index contributed by atoms with van der Waals surface area (Å²) < 4.78 is 5.51. The predicted octanol–water partition coefficient (Wildman–Crippen LogP) is 4.46.